The van der Waals surface area contributed by atoms with Gasteiger partial charge in [0.05, 0.1) is 38.3 Å². The van der Waals surface area contributed by atoms with Gasteiger partial charge in [0.15, 0.2) is 16.7 Å². The number of aromatic amines is 1. The molecule has 0 radical (unpaired) electrons. The summed E-state index contributed by atoms with van der Waals surface area (Å²) in [6.45, 7) is 1.77. The second-order valence-corrected chi connectivity index (χ2v) is 8.14. The number of rotatable bonds is 9. The molecule has 0 saturated heterocycles. The molecule has 0 saturated carbocycles. The lowest BCUT2D eigenvalue weighted by Crippen LogP contribution is -2.20. The Balaban J connectivity index is 1.73. The van der Waals surface area contributed by atoms with E-state index in [9.17, 15) is 14.4 Å². The third kappa shape index (κ3) is 5.96. The monoisotopic (exact) mass is 483 g/mol. The molecule has 1 aromatic heterocycles. The Morgan fingerprint density at radius 3 is 2.35 bits per heavy atom. The second kappa shape index (κ2) is 11.4. The Kier molecular flexibility index (Phi) is 8.31. The molecule has 9 nitrogen and oxygen atoms in total. The zero-order valence-corrected chi connectivity index (χ0v) is 20.1. The molecule has 178 valence electrons. The number of H-pyrrole nitrogens is 1. The number of benzene rings is 2. The lowest BCUT2D eigenvalue weighted by Gasteiger charge is -2.14. The summed E-state index contributed by atoms with van der Waals surface area (Å²) in [7, 11) is 4.13. The summed E-state index contributed by atoms with van der Waals surface area (Å²) in [6, 6.07) is 12.6. The molecule has 0 spiro atoms. The quantitative estimate of drug-likeness (QED) is 0.271. The van der Waals surface area contributed by atoms with E-state index in [0.29, 0.717) is 34.3 Å². The topological polar surface area (TPSA) is 120 Å². The van der Waals surface area contributed by atoms with Crippen molar-refractivity contribution in [2.45, 2.75) is 18.5 Å². The Hall–Kier alpha value is -3.79. The molecule has 1 heterocycles. The number of amides is 1. The smallest absolute Gasteiger partial charge is 0.340 e. The SMILES string of the molecule is COC(=O)c1cc(OC)c(OC)cc1NC(=O)CSc1nc(C)c(Cc2ccccc2)c(=O)[nH]1. The Bertz CT molecular complexity index is 1240. The van der Waals surface area contributed by atoms with Gasteiger partial charge in [-0.15, -0.1) is 0 Å². The van der Waals surface area contributed by atoms with E-state index >= 15 is 0 Å². The van der Waals surface area contributed by atoms with Crippen molar-refractivity contribution < 1.29 is 23.8 Å². The van der Waals surface area contributed by atoms with Gasteiger partial charge >= 0.3 is 5.97 Å². The molecule has 2 aromatic carbocycles. The van der Waals surface area contributed by atoms with E-state index in [4.69, 9.17) is 14.2 Å². The van der Waals surface area contributed by atoms with Gasteiger partial charge in [-0.05, 0) is 12.5 Å². The highest BCUT2D eigenvalue weighted by atomic mass is 32.2. The molecule has 0 bridgehead atoms. The number of anilines is 1. The number of aromatic nitrogens is 2. The maximum atomic E-state index is 12.6. The Morgan fingerprint density at radius 1 is 1.06 bits per heavy atom. The molecule has 0 aliphatic carbocycles. The minimum absolute atomic E-state index is 0.0463. The fourth-order valence-corrected chi connectivity index (χ4v) is 3.95. The highest BCUT2D eigenvalue weighted by Gasteiger charge is 2.19. The molecule has 34 heavy (non-hydrogen) atoms. The number of nitrogens with zero attached hydrogens (tertiary/aromatic N) is 1. The number of esters is 1. The lowest BCUT2D eigenvalue weighted by atomic mass is 10.1. The molecule has 10 heteroatoms. The van der Waals surface area contributed by atoms with Crippen LogP contribution < -0.4 is 20.3 Å². The van der Waals surface area contributed by atoms with Crippen molar-refractivity contribution in [1.82, 2.24) is 9.97 Å². The van der Waals surface area contributed by atoms with Crippen molar-refractivity contribution >= 4 is 29.3 Å². The molecule has 1 amide bonds. The second-order valence-electron chi connectivity index (χ2n) is 7.18. The number of ether oxygens (including phenoxy) is 3. The van der Waals surface area contributed by atoms with Gasteiger partial charge in [0.1, 0.15) is 0 Å². The van der Waals surface area contributed by atoms with Crippen LogP contribution in [0.2, 0.25) is 0 Å². The summed E-state index contributed by atoms with van der Waals surface area (Å²) in [5.74, 6) is -0.428. The molecular weight excluding hydrogens is 458 g/mol. The number of carbonyl (C=O) groups is 2. The van der Waals surface area contributed by atoms with E-state index in [0.717, 1.165) is 17.3 Å². The van der Waals surface area contributed by atoms with E-state index < -0.39 is 11.9 Å². The fraction of sp³-hybridized carbons (Fsp3) is 0.250. The fourth-order valence-electron chi connectivity index (χ4n) is 3.24. The van der Waals surface area contributed by atoms with Crippen LogP contribution in [0.5, 0.6) is 11.5 Å². The maximum absolute atomic E-state index is 12.6. The van der Waals surface area contributed by atoms with Crippen molar-refractivity contribution in [3.63, 3.8) is 0 Å². The first-order valence-electron chi connectivity index (χ1n) is 10.3. The predicted octanol–water partition coefficient (Wildman–Crippen LogP) is 3.20. The predicted molar refractivity (Wildman–Crippen MR) is 129 cm³/mol. The van der Waals surface area contributed by atoms with Crippen LogP contribution in [0, 0.1) is 6.92 Å². The molecule has 0 atom stereocenters. The van der Waals surface area contributed by atoms with Gasteiger partial charge in [-0.1, -0.05) is 42.1 Å². The average Bonchev–Trinajstić information content (AvgIpc) is 2.84. The molecule has 2 N–H and O–H groups in total. The van der Waals surface area contributed by atoms with Gasteiger partial charge in [0, 0.05) is 29.8 Å². The van der Waals surface area contributed by atoms with E-state index in [1.54, 1.807) is 6.92 Å². The third-order valence-corrected chi connectivity index (χ3v) is 5.84. The maximum Gasteiger partial charge on any atom is 0.340 e. The largest absolute Gasteiger partial charge is 0.493 e. The minimum Gasteiger partial charge on any atom is -0.493 e. The number of carbonyl (C=O) groups excluding carboxylic acids is 2. The lowest BCUT2D eigenvalue weighted by molar-refractivity contribution is -0.113. The first-order chi connectivity index (χ1) is 16.4. The molecular formula is C24H25N3O6S. The Morgan fingerprint density at radius 2 is 1.74 bits per heavy atom. The van der Waals surface area contributed by atoms with Crippen LogP contribution in [-0.2, 0) is 16.0 Å². The van der Waals surface area contributed by atoms with Gasteiger partial charge in [-0.25, -0.2) is 9.78 Å². The number of methoxy groups -OCH3 is 3. The number of nitrogens with one attached hydrogen (secondary N) is 2. The standard InChI is InChI=1S/C24H25N3O6S/c1-14-16(10-15-8-6-5-7-9-15)22(29)27-24(25-14)34-13-21(28)26-18-12-20(32-3)19(31-2)11-17(18)23(30)33-4/h5-9,11-12H,10,13H2,1-4H3,(H,26,28)(H,25,27,29). The van der Waals surface area contributed by atoms with Crippen molar-refractivity contribution in [2.24, 2.45) is 0 Å². The zero-order valence-electron chi connectivity index (χ0n) is 19.3. The van der Waals surface area contributed by atoms with E-state index in [-0.39, 0.29) is 22.6 Å². The van der Waals surface area contributed by atoms with Gasteiger partial charge in [0.25, 0.3) is 5.56 Å². The number of aryl methyl sites for hydroxylation is 1. The van der Waals surface area contributed by atoms with Crippen molar-refractivity contribution in [3.8, 4) is 11.5 Å². The van der Waals surface area contributed by atoms with Crippen LogP contribution in [-0.4, -0.2) is 48.9 Å². The van der Waals surface area contributed by atoms with Crippen molar-refractivity contribution in [2.75, 3.05) is 32.4 Å². The first kappa shape index (κ1) is 24.8. The van der Waals surface area contributed by atoms with Crippen LogP contribution in [0.25, 0.3) is 0 Å². The summed E-state index contributed by atoms with van der Waals surface area (Å²) in [5.41, 5.74) is 2.27. The third-order valence-electron chi connectivity index (χ3n) is 4.97. The first-order valence-corrected chi connectivity index (χ1v) is 11.3. The van der Waals surface area contributed by atoms with Gasteiger partial charge in [-0.3, -0.25) is 9.59 Å². The Labute approximate surface area is 200 Å². The zero-order chi connectivity index (χ0) is 24.7. The number of hydrogen-bond donors (Lipinski definition) is 2. The normalized spacial score (nSPS) is 10.5. The summed E-state index contributed by atoms with van der Waals surface area (Å²) in [6.07, 6.45) is 0.468. The van der Waals surface area contributed by atoms with Crippen LogP contribution in [0.15, 0.2) is 52.4 Å². The van der Waals surface area contributed by atoms with E-state index in [1.807, 2.05) is 30.3 Å². The molecule has 0 aliphatic rings. The molecule has 3 aromatic rings. The van der Waals surface area contributed by atoms with Crippen LogP contribution >= 0.6 is 11.8 Å². The number of thioether (sulfide) groups is 1. The molecule has 0 fully saturated rings. The summed E-state index contributed by atoms with van der Waals surface area (Å²) in [4.78, 5) is 44.5. The highest BCUT2D eigenvalue weighted by Crippen LogP contribution is 2.34. The van der Waals surface area contributed by atoms with Crippen LogP contribution in [0.1, 0.15) is 27.2 Å². The summed E-state index contributed by atoms with van der Waals surface area (Å²) < 4.78 is 15.3. The molecule has 0 unspecified atom stereocenters. The van der Waals surface area contributed by atoms with Gasteiger partial charge in [0.2, 0.25) is 5.91 Å². The van der Waals surface area contributed by atoms with Crippen LogP contribution in [0.3, 0.4) is 0 Å². The van der Waals surface area contributed by atoms with Gasteiger partial charge < -0.3 is 24.5 Å². The molecule has 0 aliphatic heterocycles. The van der Waals surface area contributed by atoms with Crippen molar-refractivity contribution in [1.29, 1.82) is 0 Å². The summed E-state index contributed by atoms with van der Waals surface area (Å²) >= 11 is 1.08. The average molecular weight is 484 g/mol. The van der Waals surface area contributed by atoms with Crippen LogP contribution in [0.4, 0.5) is 5.69 Å². The van der Waals surface area contributed by atoms with Gasteiger partial charge in [-0.2, -0.15) is 0 Å². The van der Waals surface area contributed by atoms with E-state index in [2.05, 4.69) is 15.3 Å². The summed E-state index contributed by atoms with van der Waals surface area (Å²) in [5, 5.41) is 3.01. The molecule has 3 rings (SSSR count). The number of hydrogen-bond acceptors (Lipinski definition) is 8. The minimum atomic E-state index is -0.639. The highest BCUT2D eigenvalue weighted by molar-refractivity contribution is 7.99. The van der Waals surface area contributed by atoms with E-state index in [1.165, 1.54) is 33.5 Å². The van der Waals surface area contributed by atoms with Crippen molar-refractivity contribution in [3.05, 3.63) is 75.2 Å².